The van der Waals surface area contributed by atoms with Crippen molar-refractivity contribution in [3.05, 3.63) is 27.7 Å². The maximum atomic E-state index is 11.4. The van der Waals surface area contributed by atoms with Crippen LogP contribution in [0, 0.1) is 6.92 Å². The highest BCUT2D eigenvalue weighted by Gasteiger charge is 2.31. The minimum atomic E-state index is -1.59. The highest BCUT2D eigenvalue weighted by Crippen LogP contribution is 2.34. The van der Waals surface area contributed by atoms with Crippen LogP contribution in [-0.2, 0) is 4.79 Å². The highest BCUT2D eigenvalue weighted by molar-refractivity contribution is 9.11. The van der Waals surface area contributed by atoms with Crippen molar-refractivity contribution in [2.45, 2.75) is 10.8 Å². The van der Waals surface area contributed by atoms with Gasteiger partial charge in [-0.25, -0.2) is 0 Å². The van der Waals surface area contributed by atoms with Gasteiger partial charge in [-0.15, -0.1) is 5.11 Å². The minimum absolute atomic E-state index is 0.0655. The third-order valence-electron chi connectivity index (χ3n) is 2.02. The molecule has 98 valence electrons. The number of Topliss-reactive ketones (excluding diaryl/α,β-unsaturated/α-hetero) is 1. The van der Waals surface area contributed by atoms with Gasteiger partial charge < -0.3 is 0 Å². The first-order valence-electron chi connectivity index (χ1n) is 4.63. The van der Waals surface area contributed by atoms with Crippen molar-refractivity contribution in [1.82, 2.24) is 0 Å². The second-order valence-electron chi connectivity index (χ2n) is 3.33. The maximum absolute atomic E-state index is 11.4. The van der Waals surface area contributed by atoms with Crippen molar-refractivity contribution in [2.75, 3.05) is 5.33 Å². The molecule has 0 spiro atoms. The average Bonchev–Trinajstić information content (AvgIpc) is 2.30. The van der Waals surface area contributed by atoms with Crippen molar-refractivity contribution < 1.29 is 4.79 Å². The van der Waals surface area contributed by atoms with Gasteiger partial charge in [-0.1, -0.05) is 50.7 Å². The van der Waals surface area contributed by atoms with E-state index in [0.29, 0.717) is 21.3 Å². The standard InChI is InChI=1S/C10H7Br2Cl3N2O/c1-5-7(14)2-6(13)3-8(5)16-17-10(12,15)9(18)4-11/h2-3H,4H2,1H3. The first-order valence-corrected chi connectivity index (χ1v) is 7.68. The van der Waals surface area contributed by atoms with Gasteiger partial charge in [0.2, 0.25) is 0 Å². The second-order valence-corrected chi connectivity index (χ2v) is 6.89. The predicted molar refractivity (Wildman–Crippen MR) is 82.0 cm³/mol. The third kappa shape index (κ3) is 4.17. The summed E-state index contributed by atoms with van der Waals surface area (Å²) in [4.78, 5) is 11.4. The van der Waals surface area contributed by atoms with Crippen molar-refractivity contribution in [2.24, 2.45) is 10.2 Å². The van der Waals surface area contributed by atoms with Gasteiger partial charge in [0.1, 0.15) is 0 Å². The predicted octanol–water partition coefficient (Wildman–Crippen LogP) is 5.64. The number of hydrogen-bond donors (Lipinski definition) is 0. The van der Waals surface area contributed by atoms with Crippen LogP contribution in [-0.4, -0.2) is 15.0 Å². The number of rotatable bonds is 4. The third-order valence-corrected chi connectivity index (χ3v) is 4.03. The first-order chi connectivity index (χ1) is 8.27. The summed E-state index contributed by atoms with van der Waals surface area (Å²) in [6, 6.07) is 3.19. The molecular weight excluding hydrogens is 430 g/mol. The Balaban J connectivity index is 3.08. The molecule has 0 aliphatic rings. The number of halogens is 5. The van der Waals surface area contributed by atoms with E-state index in [1.165, 1.54) is 0 Å². The summed E-state index contributed by atoms with van der Waals surface area (Å²) < 4.78 is -1.59. The minimum Gasteiger partial charge on any atom is -0.293 e. The Morgan fingerprint density at radius 1 is 1.44 bits per heavy atom. The van der Waals surface area contributed by atoms with E-state index in [0.717, 1.165) is 0 Å². The number of alkyl halides is 3. The lowest BCUT2D eigenvalue weighted by molar-refractivity contribution is -0.116. The molecule has 8 heteroatoms. The number of benzene rings is 1. The van der Waals surface area contributed by atoms with E-state index in [9.17, 15) is 4.79 Å². The van der Waals surface area contributed by atoms with Crippen LogP contribution in [0.3, 0.4) is 0 Å². The lowest BCUT2D eigenvalue weighted by atomic mass is 10.2. The van der Waals surface area contributed by atoms with Crippen LogP contribution < -0.4 is 0 Å². The Morgan fingerprint density at radius 3 is 2.61 bits per heavy atom. The molecule has 0 aromatic heterocycles. The molecule has 0 N–H and O–H groups in total. The Labute approximate surface area is 136 Å². The van der Waals surface area contributed by atoms with Gasteiger partial charge in [-0.05, 0) is 40.5 Å². The van der Waals surface area contributed by atoms with E-state index in [1.807, 2.05) is 0 Å². The summed E-state index contributed by atoms with van der Waals surface area (Å²) in [5.74, 6) is -0.362. The van der Waals surface area contributed by atoms with Gasteiger partial charge in [0.25, 0.3) is 3.91 Å². The SMILES string of the molecule is Cc1c(Cl)cc(Cl)cc1N=NC(Cl)(Br)C(=O)CBr. The fourth-order valence-electron chi connectivity index (χ4n) is 0.989. The fourth-order valence-corrected chi connectivity index (χ4v) is 2.74. The Kier molecular flexibility index (Phi) is 6.06. The average molecular weight is 437 g/mol. The number of azo groups is 1. The summed E-state index contributed by atoms with van der Waals surface area (Å²) in [6.45, 7) is 1.77. The topological polar surface area (TPSA) is 41.8 Å². The second kappa shape index (κ2) is 6.66. The number of ketones is 1. The molecule has 0 bridgehead atoms. The number of hydrogen-bond acceptors (Lipinski definition) is 3. The van der Waals surface area contributed by atoms with Crippen LogP contribution in [0.1, 0.15) is 5.56 Å². The molecule has 3 nitrogen and oxygen atoms in total. The normalized spacial score (nSPS) is 14.8. The Hall–Kier alpha value is 0.320. The molecule has 1 atom stereocenters. The summed E-state index contributed by atoms with van der Waals surface area (Å²) in [5.41, 5.74) is 1.16. The zero-order chi connectivity index (χ0) is 13.9. The molecule has 0 fully saturated rings. The summed E-state index contributed by atoms with van der Waals surface area (Å²) in [7, 11) is 0. The van der Waals surface area contributed by atoms with Crippen molar-refractivity contribution in [3.8, 4) is 0 Å². The molecular formula is C10H7Br2Cl3N2O. The number of carbonyl (C=O) groups excluding carboxylic acids is 1. The fraction of sp³-hybridized carbons (Fsp3) is 0.300. The highest BCUT2D eigenvalue weighted by atomic mass is 79.9. The zero-order valence-corrected chi connectivity index (χ0v) is 14.5. The summed E-state index contributed by atoms with van der Waals surface area (Å²) in [6.07, 6.45) is 0. The van der Waals surface area contributed by atoms with Gasteiger partial charge in [0.15, 0.2) is 5.78 Å². The van der Waals surface area contributed by atoms with Crippen LogP contribution in [0.5, 0.6) is 0 Å². The summed E-state index contributed by atoms with van der Waals surface area (Å²) in [5, 5.41) is 8.62. The molecule has 0 heterocycles. The first kappa shape index (κ1) is 16.4. The molecule has 0 amide bonds. The van der Waals surface area contributed by atoms with E-state index in [-0.39, 0.29) is 11.1 Å². The zero-order valence-electron chi connectivity index (χ0n) is 9.05. The molecule has 1 aromatic rings. The molecule has 0 aliphatic heterocycles. The van der Waals surface area contributed by atoms with E-state index < -0.39 is 3.91 Å². The molecule has 0 saturated carbocycles. The smallest absolute Gasteiger partial charge is 0.267 e. The monoisotopic (exact) mass is 434 g/mol. The van der Waals surface area contributed by atoms with Gasteiger partial charge in [-0.3, -0.25) is 4.79 Å². The Morgan fingerprint density at radius 2 is 2.06 bits per heavy atom. The quantitative estimate of drug-likeness (QED) is 0.342. The van der Waals surface area contributed by atoms with E-state index in [1.54, 1.807) is 19.1 Å². The number of carbonyl (C=O) groups is 1. The van der Waals surface area contributed by atoms with Crippen molar-refractivity contribution in [3.63, 3.8) is 0 Å². The molecule has 18 heavy (non-hydrogen) atoms. The molecule has 0 radical (unpaired) electrons. The lowest BCUT2D eigenvalue weighted by Crippen LogP contribution is -2.23. The molecule has 0 aliphatic carbocycles. The van der Waals surface area contributed by atoms with Crippen molar-refractivity contribution >= 4 is 78.1 Å². The van der Waals surface area contributed by atoms with Gasteiger partial charge in [0, 0.05) is 10.0 Å². The van der Waals surface area contributed by atoms with E-state index in [4.69, 9.17) is 34.8 Å². The van der Waals surface area contributed by atoms with Crippen LogP contribution in [0.2, 0.25) is 10.0 Å². The molecule has 1 aromatic carbocycles. The van der Waals surface area contributed by atoms with Gasteiger partial charge >= 0.3 is 0 Å². The lowest BCUT2D eigenvalue weighted by Gasteiger charge is -2.10. The maximum Gasteiger partial charge on any atom is 0.267 e. The van der Waals surface area contributed by atoms with E-state index >= 15 is 0 Å². The van der Waals surface area contributed by atoms with Crippen LogP contribution in [0.25, 0.3) is 0 Å². The van der Waals surface area contributed by atoms with Crippen LogP contribution in [0.15, 0.2) is 22.4 Å². The van der Waals surface area contributed by atoms with E-state index in [2.05, 4.69) is 42.1 Å². The summed E-state index contributed by atoms with van der Waals surface area (Å²) >= 11 is 23.7. The number of nitrogens with zero attached hydrogens (tertiary/aromatic N) is 2. The van der Waals surface area contributed by atoms with Gasteiger partial charge in [-0.2, -0.15) is 5.11 Å². The molecule has 0 saturated heterocycles. The van der Waals surface area contributed by atoms with Crippen LogP contribution in [0.4, 0.5) is 5.69 Å². The molecule has 1 rings (SSSR count). The van der Waals surface area contributed by atoms with Crippen molar-refractivity contribution in [1.29, 1.82) is 0 Å². The largest absolute Gasteiger partial charge is 0.293 e. The molecule has 1 unspecified atom stereocenters. The van der Waals surface area contributed by atoms with Crippen LogP contribution >= 0.6 is 66.7 Å². The Bertz CT molecular complexity index is 506. The van der Waals surface area contributed by atoms with Gasteiger partial charge in [0.05, 0.1) is 11.0 Å².